The van der Waals surface area contributed by atoms with Gasteiger partial charge in [0.25, 0.3) is 0 Å². The van der Waals surface area contributed by atoms with Crippen molar-refractivity contribution in [2.45, 2.75) is 4.90 Å². The number of thiocarbonyl (C=S) groups is 1. The highest BCUT2D eigenvalue weighted by Crippen LogP contribution is 2.36. The van der Waals surface area contributed by atoms with Gasteiger partial charge in [0.2, 0.25) is 15.8 Å². The smallest absolute Gasteiger partial charge is 0.243 e. The fraction of sp³-hybridized carbons (Fsp3) is 0.222. The molecule has 0 unspecified atom stereocenters. The second-order valence-electron chi connectivity index (χ2n) is 6.24. The number of rotatable bonds is 5. The molecule has 2 aromatic rings. The van der Waals surface area contributed by atoms with Gasteiger partial charge in [0, 0.05) is 24.3 Å². The van der Waals surface area contributed by atoms with Gasteiger partial charge >= 0.3 is 0 Å². The van der Waals surface area contributed by atoms with E-state index >= 15 is 0 Å². The van der Waals surface area contributed by atoms with E-state index in [2.05, 4.69) is 15.8 Å². The van der Waals surface area contributed by atoms with Crippen molar-refractivity contribution in [1.82, 2.24) is 9.73 Å². The fourth-order valence-corrected chi connectivity index (χ4v) is 4.23. The Morgan fingerprint density at radius 2 is 1.73 bits per heavy atom. The predicted octanol–water partition coefficient (Wildman–Crippen LogP) is 1.14. The van der Waals surface area contributed by atoms with Crippen LogP contribution in [-0.4, -0.2) is 65.7 Å². The van der Waals surface area contributed by atoms with Crippen molar-refractivity contribution in [2.75, 3.05) is 31.6 Å². The molecule has 0 amide bonds. The van der Waals surface area contributed by atoms with Gasteiger partial charge < -0.3 is 25.4 Å². The van der Waals surface area contributed by atoms with E-state index in [1.807, 2.05) is 0 Å². The van der Waals surface area contributed by atoms with Crippen LogP contribution in [0.5, 0.6) is 17.2 Å². The van der Waals surface area contributed by atoms with E-state index in [1.165, 1.54) is 34.8 Å². The van der Waals surface area contributed by atoms with E-state index in [0.717, 1.165) is 0 Å². The maximum Gasteiger partial charge on any atom is 0.243 e. The second kappa shape index (κ2) is 9.26. The Kier molecular flexibility index (Phi) is 6.72. The third kappa shape index (κ3) is 4.97. The van der Waals surface area contributed by atoms with Crippen LogP contribution in [0.15, 0.2) is 46.4 Å². The third-order valence-corrected chi connectivity index (χ3v) is 6.36. The number of hydrazone groups is 1. The van der Waals surface area contributed by atoms with E-state index in [-0.39, 0.29) is 15.6 Å². The molecule has 30 heavy (non-hydrogen) atoms. The monoisotopic (exact) mass is 452 g/mol. The summed E-state index contributed by atoms with van der Waals surface area (Å²) >= 11 is 5.11. The zero-order valence-electron chi connectivity index (χ0n) is 15.6. The van der Waals surface area contributed by atoms with Crippen LogP contribution in [0, 0.1) is 0 Å². The first-order valence-corrected chi connectivity index (χ1v) is 10.7. The molecule has 10 nitrogen and oxygen atoms in total. The van der Waals surface area contributed by atoms with Crippen LogP contribution in [0.2, 0.25) is 0 Å². The molecule has 0 aliphatic carbocycles. The molecule has 1 aliphatic rings. The fourth-order valence-electron chi connectivity index (χ4n) is 2.65. The lowest BCUT2D eigenvalue weighted by Crippen LogP contribution is -2.40. The van der Waals surface area contributed by atoms with Gasteiger partial charge in [-0.15, -0.1) is 0 Å². The first kappa shape index (κ1) is 21.8. The highest BCUT2D eigenvalue weighted by molar-refractivity contribution is 7.89. The zero-order valence-corrected chi connectivity index (χ0v) is 17.3. The van der Waals surface area contributed by atoms with Crippen molar-refractivity contribution in [3.63, 3.8) is 0 Å². The van der Waals surface area contributed by atoms with Gasteiger partial charge in [-0.05, 0) is 48.6 Å². The van der Waals surface area contributed by atoms with Gasteiger partial charge in [-0.25, -0.2) is 8.42 Å². The molecule has 0 saturated carbocycles. The molecule has 160 valence electrons. The zero-order chi connectivity index (χ0) is 21.7. The SMILES string of the molecule is O=S(=O)(c1ccc(NC(=S)NN=Cc2ccc(O)c(O)c2O)cc1)N1CCOCC1. The summed E-state index contributed by atoms with van der Waals surface area (Å²) in [7, 11) is -3.57. The van der Waals surface area contributed by atoms with Crippen molar-refractivity contribution in [2.24, 2.45) is 5.10 Å². The number of benzene rings is 2. The Labute approximate surface area is 178 Å². The largest absolute Gasteiger partial charge is 0.504 e. The van der Waals surface area contributed by atoms with Crippen molar-refractivity contribution < 1.29 is 28.5 Å². The van der Waals surface area contributed by atoms with Crippen LogP contribution in [0.4, 0.5) is 5.69 Å². The number of morpholine rings is 1. The Bertz CT molecular complexity index is 1050. The van der Waals surface area contributed by atoms with Crippen LogP contribution < -0.4 is 10.7 Å². The molecule has 0 radical (unpaired) electrons. The molecule has 3 rings (SSSR count). The molecule has 5 N–H and O–H groups in total. The van der Waals surface area contributed by atoms with Gasteiger partial charge in [-0.3, -0.25) is 5.43 Å². The summed E-state index contributed by atoms with van der Waals surface area (Å²) in [4.78, 5) is 0.175. The van der Waals surface area contributed by atoms with Crippen molar-refractivity contribution in [3.8, 4) is 17.2 Å². The van der Waals surface area contributed by atoms with Crippen LogP contribution in [-0.2, 0) is 14.8 Å². The number of nitrogens with one attached hydrogen (secondary N) is 2. The van der Waals surface area contributed by atoms with Gasteiger partial charge in [0.15, 0.2) is 16.6 Å². The summed E-state index contributed by atoms with van der Waals surface area (Å²) < 4.78 is 31.8. The van der Waals surface area contributed by atoms with Crippen molar-refractivity contribution in [3.05, 3.63) is 42.0 Å². The third-order valence-electron chi connectivity index (χ3n) is 4.25. The lowest BCUT2D eigenvalue weighted by atomic mass is 10.2. The Balaban J connectivity index is 1.59. The Hall–Kier alpha value is -2.93. The molecular weight excluding hydrogens is 432 g/mol. The van der Waals surface area contributed by atoms with Crippen LogP contribution in [0.3, 0.4) is 0 Å². The number of hydrogen-bond donors (Lipinski definition) is 5. The quantitative estimate of drug-likeness (QED) is 0.195. The minimum Gasteiger partial charge on any atom is -0.504 e. The number of ether oxygens (including phenoxy) is 1. The average Bonchev–Trinajstić information content (AvgIpc) is 2.75. The maximum atomic E-state index is 12.6. The summed E-state index contributed by atoms with van der Waals surface area (Å²) in [6.07, 6.45) is 1.21. The molecule has 0 bridgehead atoms. The first-order valence-electron chi connectivity index (χ1n) is 8.81. The van der Waals surface area contributed by atoms with E-state index in [9.17, 15) is 23.7 Å². The summed E-state index contributed by atoms with van der Waals surface area (Å²) in [5, 5.41) is 35.3. The molecule has 1 fully saturated rings. The van der Waals surface area contributed by atoms with Crippen LogP contribution >= 0.6 is 12.2 Å². The Morgan fingerprint density at radius 1 is 1.07 bits per heavy atom. The summed E-state index contributed by atoms with van der Waals surface area (Å²) in [5.74, 6) is -1.61. The molecular formula is C18H20N4O6S2. The average molecular weight is 453 g/mol. The predicted molar refractivity (Wildman–Crippen MR) is 114 cm³/mol. The molecule has 0 spiro atoms. The summed E-state index contributed by atoms with van der Waals surface area (Å²) in [5.41, 5.74) is 3.25. The second-order valence-corrected chi connectivity index (χ2v) is 8.58. The number of nitrogens with zero attached hydrogens (tertiary/aromatic N) is 2. The molecule has 0 aromatic heterocycles. The Morgan fingerprint density at radius 3 is 2.40 bits per heavy atom. The standard InChI is InChI=1S/C18H20N4O6S2/c23-15-6-1-12(16(24)17(15)25)11-19-21-18(29)20-13-2-4-14(5-3-13)30(26,27)22-7-9-28-10-8-22/h1-6,11,23-25H,7-10H2,(H2,20,21,29). The summed E-state index contributed by atoms with van der Waals surface area (Å²) in [6, 6.07) is 8.69. The molecule has 1 aliphatic heterocycles. The van der Waals surface area contributed by atoms with Crippen LogP contribution in [0.1, 0.15) is 5.56 Å². The highest BCUT2D eigenvalue weighted by atomic mass is 32.2. The highest BCUT2D eigenvalue weighted by Gasteiger charge is 2.26. The first-order chi connectivity index (χ1) is 14.3. The van der Waals surface area contributed by atoms with E-state index in [4.69, 9.17) is 17.0 Å². The van der Waals surface area contributed by atoms with Gasteiger partial charge in [-0.2, -0.15) is 9.41 Å². The number of hydrogen-bond acceptors (Lipinski definition) is 8. The molecule has 12 heteroatoms. The maximum absolute atomic E-state index is 12.6. The van der Waals surface area contributed by atoms with Crippen molar-refractivity contribution >= 4 is 39.3 Å². The number of phenols is 3. The number of sulfonamides is 1. The number of phenolic OH excluding ortho intramolecular Hbond substituents is 3. The van der Waals surface area contributed by atoms with Crippen LogP contribution in [0.25, 0.3) is 0 Å². The molecule has 0 atom stereocenters. The minimum atomic E-state index is -3.57. The van der Waals surface area contributed by atoms with Gasteiger partial charge in [0.05, 0.1) is 24.3 Å². The lowest BCUT2D eigenvalue weighted by molar-refractivity contribution is 0.0730. The normalized spacial score (nSPS) is 15.2. The molecule has 2 aromatic carbocycles. The van der Waals surface area contributed by atoms with Gasteiger partial charge in [0.1, 0.15) is 0 Å². The topological polar surface area (TPSA) is 144 Å². The summed E-state index contributed by atoms with van der Waals surface area (Å²) in [6.45, 7) is 1.40. The van der Waals surface area contributed by atoms with E-state index in [0.29, 0.717) is 32.0 Å². The van der Waals surface area contributed by atoms with Gasteiger partial charge in [-0.1, -0.05) is 0 Å². The minimum absolute atomic E-state index is 0.123. The molecule has 1 heterocycles. The molecule has 1 saturated heterocycles. The number of anilines is 1. The van der Waals surface area contributed by atoms with Crippen molar-refractivity contribution in [1.29, 1.82) is 0 Å². The lowest BCUT2D eigenvalue weighted by Gasteiger charge is -2.26. The van der Waals surface area contributed by atoms with E-state index in [1.54, 1.807) is 12.1 Å². The van der Waals surface area contributed by atoms with E-state index < -0.39 is 27.3 Å². The number of aromatic hydroxyl groups is 3.